The van der Waals surface area contributed by atoms with Gasteiger partial charge in [-0.1, -0.05) is 32.1 Å². The fourth-order valence-corrected chi connectivity index (χ4v) is 5.75. The molecule has 1 atom stereocenters. The summed E-state index contributed by atoms with van der Waals surface area (Å²) in [7, 11) is 6.04. The first kappa shape index (κ1) is 32.4. The van der Waals surface area contributed by atoms with E-state index < -0.39 is 0 Å². The lowest BCUT2D eigenvalue weighted by molar-refractivity contribution is -0.130. The zero-order valence-corrected chi connectivity index (χ0v) is 27.2. The number of hydrogen-bond acceptors (Lipinski definition) is 9. The number of likely N-dealkylation sites (tertiary alicyclic amines) is 2. The largest absolute Gasteiger partial charge is 0.460 e. The number of ether oxygens (including phenoxy) is 1. The molecule has 2 aromatic heterocycles. The summed E-state index contributed by atoms with van der Waals surface area (Å²) in [6.45, 7) is 8.47. The highest BCUT2D eigenvalue weighted by Crippen LogP contribution is 2.25. The Morgan fingerprint density at radius 3 is 2.69 bits per heavy atom. The average Bonchev–Trinajstić information content (AvgIpc) is 3.46. The molecule has 1 unspecified atom stereocenters. The van der Waals surface area contributed by atoms with Crippen LogP contribution < -0.4 is 15.4 Å². The van der Waals surface area contributed by atoms with E-state index in [-0.39, 0.29) is 29.8 Å². The summed E-state index contributed by atoms with van der Waals surface area (Å²) in [6, 6.07) is 8.12. The smallest absolute Gasteiger partial charge is 0.322 e. The van der Waals surface area contributed by atoms with Gasteiger partial charge in [0, 0.05) is 56.6 Å². The van der Waals surface area contributed by atoms with Gasteiger partial charge >= 0.3 is 6.01 Å². The zero-order chi connectivity index (χ0) is 31.9. The van der Waals surface area contributed by atoms with Crippen molar-refractivity contribution >= 4 is 29.1 Å². The van der Waals surface area contributed by atoms with Gasteiger partial charge in [-0.05, 0) is 70.4 Å². The van der Waals surface area contributed by atoms with Crippen molar-refractivity contribution < 1.29 is 14.3 Å². The monoisotopic (exact) mass is 617 g/mol. The third kappa shape index (κ3) is 8.58. The van der Waals surface area contributed by atoms with Crippen molar-refractivity contribution in [1.29, 1.82) is 0 Å². The molecule has 2 saturated heterocycles. The molecule has 2 aliphatic rings. The highest BCUT2D eigenvalue weighted by atomic mass is 16.5. The second kappa shape index (κ2) is 14.8. The number of rotatable bonds is 11. The fourth-order valence-electron chi connectivity index (χ4n) is 5.75. The summed E-state index contributed by atoms with van der Waals surface area (Å²) >= 11 is 0. The molecule has 45 heavy (non-hydrogen) atoms. The van der Waals surface area contributed by atoms with Crippen LogP contribution in [0.25, 0.3) is 5.65 Å². The van der Waals surface area contributed by atoms with Gasteiger partial charge in [0.2, 0.25) is 17.8 Å². The first-order valence-corrected chi connectivity index (χ1v) is 16.0. The molecular formula is C33H47N9O3. The number of benzene rings is 1. The van der Waals surface area contributed by atoms with Crippen LogP contribution in [0, 0.1) is 5.92 Å². The minimum atomic E-state index is -0.251. The molecule has 242 valence electrons. The van der Waals surface area contributed by atoms with Crippen molar-refractivity contribution in [3.63, 3.8) is 0 Å². The van der Waals surface area contributed by atoms with Gasteiger partial charge in [-0.15, -0.1) is 0 Å². The van der Waals surface area contributed by atoms with E-state index in [9.17, 15) is 9.59 Å². The van der Waals surface area contributed by atoms with Crippen molar-refractivity contribution in [2.45, 2.75) is 58.1 Å². The van der Waals surface area contributed by atoms with Gasteiger partial charge in [-0.2, -0.15) is 19.6 Å². The van der Waals surface area contributed by atoms with Crippen LogP contribution in [0.15, 0.2) is 42.6 Å². The Morgan fingerprint density at radius 2 is 1.93 bits per heavy atom. The summed E-state index contributed by atoms with van der Waals surface area (Å²) in [6.07, 6.45) is 8.82. The fraction of sp³-hybridized carbons (Fsp3) is 0.545. The van der Waals surface area contributed by atoms with Crippen LogP contribution in [0.3, 0.4) is 0 Å². The van der Waals surface area contributed by atoms with Gasteiger partial charge < -0.3 is 30.1 Å². The molecule has 0 aliphatic carbocycles. The Balaban J connectivity index is 1.24. The number of carbonyl (C=O) groups is 2. The van der Waals surface area contributed by atoms with Crippen LogP contribution in [0.5, 0.6) is 6.01 Å². The van der Waals surface area contributed by atoms with E-state index in [4.69, 9.17) is 14.7 Å². The van der Waals surface area contributed by atoms with E-state index in [1.807, 2.05) is 55.5 Å². The van der Waals surface area contributed by atoms with Crippen molar-refractivity contribution in [3.8, 4) is 6.01 Å². The molecule has 12 nitrogen and oxygen atoms in total. The number of carbonyl (C=O) groups excluding carboxylic acids is 2. The maximum atomic E-state index is 13.2. The molecule has 4 heterocycles. The number of anilines is 2. The number of aromatic nitrogens is 4. The molecular weight excluding hydrogens is 570 g/mol. The molecule has 0 radical (unpaired) electrons. The third-order valence-corrected chi connectivity index (χ3v) is 8.41. The second-order valence-corrected chi connectivity index (χ2v) is 12.8. The standard InChI is InChI=1S/C33H47N9O3/c1-23(2)28-21-35-42-30(28)37-33(45-27-13-17-40(5)18-14-27)38-32(42)34-20-24-9-6-11-26(19-24)36-31(44)25-10-7-16-41(22-25)29(43)12-8-15-39(3)4/h6,8-9,11-12,19,21,23,25,27H,7,10,13-18,20,22H2,1-5H3,(H,36,44)(H,34,37,38). The van der Waals surface area contributed by atoms with Crippen molar-refractivity contribution in [1.82, 2.24) is 34.3 Å². The van der Waals surface area contributed by atoms with Gasteiger partial charge in [0.1, 0.15) is 6.10 Å². The minimum Gasteiger partial charge on any atom is -0.460 e. The van der Waals surface area contributed by atoms with Crippen molar-refractivity contribution in [3.05, 3.63) is 53.7 Å². The van der Waals surface area contributed by atoms with Crippen LogP contribution in [0.2, 0.25) is 0 Å². The summed E-state index contributed by atoms with van der Waals surface area (Å²) in [4.78, 5) is 41.4. The first-order chi connectivity index (χ1) is 21.7. The second-order valence-electron chi connectivity index (χ2n) is 12.8. The Kier molecular flexibility index (Phi) is 10.7. The summed E-state index contributed by atoms with van der Waals surface area (Å²) in [5.41, 5.74) is 3.46. The maximum Gasteiger partial charge on any atom is 0.322 e. The Morgan fingerprint density at radius 1 is 1.13 bits per heavy atom. The number of nitrogens with one attached hydrogen (secondary N) is 2. The topological polar surface area (TPSA) is 120 Å². The molecule has 0 spiro atoms. The van der Waals surface area contributed by atoms with Gasteiger partial charge in [0.05, 0.1) is 12.1 Å². The maximum absolute atomic E-state index is 13.2. The van der Waals surface area contributed by atoms with Crippen LogP contribution in [-0.4, -0.2) is 106 Å². The predicted molar refractivity (Wildman–Crippen MR) is 175 cm³/mol. The van der Waals surface area contributed by atoms with E-state index in [0.717, 1.165) is 55.5 Å². The third-order valence-electron chi connectivity index (χ3n) is 8.41. The van der Waals surface area contributed by atoms with Crippen LogP contribution >= 0.6 is 0 Å². The molecule has 2 amide bonds. The highest BCUT2D eigenvalue weighted by molar-refractivity contribution is 5.94. The first-order valence-electron chi connectivity index (χ1n) is 16.0. The number of hydrogen-bond donors (Lipinski definition) is 2. The normalized spacial score (nSPS) is 18.3. The Labute approximate surface area is 265 Å². The molecule has 2 fully saturated rings. The zero-order valence-electron chi connectivity index (χ0n) is 27.2. The van der Waals surface area contributed by atoms with Gasteiger partial charge in [-0.25, -0.2) is 0 Å². The van der Waals surface area contributed by atoms with Crippen molar-refractivity contribution in [2.24, 2.45) is 5.92 Å². The van der Waals surface area contributed by atoms with E-state index in [1.54, 1.807) is 15.5 Å². The number of piperidine rings is 2. The molecule has 12 heteroatoms. The summed E-state index contributed by atoms with van der Waals surface area (Å²) < 4.78 is 8.00. The van der Waals surface area contributed by atoms with E-state index in [2.05, 4.69) is 41.5 Å². The summed E-state index contributed by atoms with van der Waals surface area (Å²) in [5.74, 6) is 0.435. The Hall–Kier alpha value is -4.03. The average molecular weight is 618 g/mol. The number of nitrogens with zero attached hydrogens (tertiary/aromatic N) is 7. The SMILES string of the molecule is CC(C)c1cnn2c(NCc3cccc(NC(=O)C4CCCN(C(=O)C=CCN(C)C)C4)c3)nc(OC3CCN(C)CC3)nc12. The molecule has 2 aliphatic heterocycles. The minimum absolute atomic E-state index is 0.0427. The van der Waals surface area contributed by atoms with Crippen LogP contribution in [0.1, 0.15) is 56.6 Å². The highest BCUT2D eigenvalue weighted by Gasteiger charge is 2.28. The van der Waals surface area contributed by atoms with E-state index >= 15 is 0 Å². The molecule has 0 bridgehead atoms. The quantitative estimate of drug-likeness (QED) is 0.311. The van der Waals surface area contributed by atoms with Crippen LogP contribution in [-0.2, 0) is 16.1 Å². The lowest BCUT2D eigenvalue weighted by atomic mass is 9.97. The van der Waals surface area contributed by atoms with Gasteiger partial charge in [0.25, 0.3) is 0 Å². The van der Waals surface area contributed by atoms with Gasteiger partial charge in [-0.3, -0.25) is 9.59 Å². The molecule has 1 aromatic carbocycles. The summed E-state index contributed by atoms with van der Waals surface area (Å²) in [5, 5.41) is 11.1. The van der Waals surface area contributed by atoms with Crippen LogP contribution in [0.4, 0.5) is 11.6 Å². The molecule has 3 aromatic rings. The van der Waals surface area contributed by atoms with Crippen molar-refractivity contribution in [2.75, 3.05) is 64.5 Å². The van der Waals surface area contributed by atoms with E-state index in [1.165, 1.54) is 0 Å². The molecule has 2 N–H and O–H groups in total. The molecule has 5 rings (SSSR count). The van der Waals surface area contributed by atoms with Gasteiger partial charge in [0.15, 0.2) is 5.65 Å². The van der Waals surface area contributed by atoms with E-state index in [0.29, 0.717) is 43.8 Å². The number of fused-ring (bicyclic) bond motifs is 1. The lowest BCUT2D eigenvalue weighted by Gasteiger charge is -2.31. The number of likely N-dealkylation sites (N-methyl/N-ethyl adjacent to an activating group) is 1. The lowest BCUT2D eigenvalue weighted by Crippen LogP contribution is -2.43. The predicted octanol–water partition coefficient (Wildman–Crippen LogP) is 3.63. The number of amides is 2. The molecule has 0 saturated carbocycles. The Bertz CT molecular complexity index is 1490.